The molecular weight excluding hydrogens is 236 g/mol. The Bertz CT molecular complexity index is 414. The number of benzene rings is 1. The summed E-state index contributed by atoms with van der Waals surface area (Å²) in [5.74, 6) is 0.159. The van der Waals surface area contributed by atoms with Crippen molar-refractivity contribution in [2.75, 3.05) is 32.7 Å². The fraction of sp³-hybridized carbons (Fsp3) is 0.462. The molecule has 1 N–H and O–H groups in total. The molecule has 0 aromatic heterocycles. The Hall–Kier alpha value is -0.900. The Morgan fingerprint density at radius 3 is 2.82 bits per heavy atom. The van der Waals surface area contributed by atoms with Crippen LogP contribution in [0.2, 0.25) is 5.02 Å². The molecule has 1 fully saturated rings. The van der Waals surface area contributed by atoms with Crippen LogP contribution in [0.25, 0.3) is 0 Å². The van der Waals surface area contributed by atoms with Crippen molar-refractivity contribution in [2.24, 2.45) is 0 Å². The first-order valence-electron chi connectivity index (χ1n) is 5.90. The standard InChI is InChI=1S/C13H17ClN2O/c1-10-11(3-2-4-12(10)14)13(17)9-16-7-5-15-6-8-16/h2-4,15H,5-9H2,1H3. The van der Waals surface area contributed by atoms with Gasteiger partial charge in [0, 0.05) is 36.8 Å². The van der Waals surface area contributed by atoms with Gasteiger partial charge in [0.05, 0.1) is 6.54 Å². The summed E-state index contributed by atoms with van der Waals surface area (Å²) < 4.78 is 0. The largest absolute Gasteiger partial charge is 0.314 e. The average molecular weight is 253 g/mol. The number of halogens is 1. The quantitative estimate of drug-likeness (QED) is 0.832. The van der Waals surface area contributed by atoms with E-state index in [2.05, 4.69) is 10.2 Å². The van der Waals surface area contributed by atoms with E-state index in [9.17, 15) is 4.79 Å². The maximum absolute atomic E-state index is 12.2. The van der Waals surface area contributed by atoms with Crippen molar-refractivity contribution < 1.29 is 4.79 Å². The van der Waals surface area contributed by atoms with Gasteiger partial charge in [-0.2, -0.15) is 0 Å². The SMILES string of the molecule is Cc1c(Cl)cccc1C(=O)CN1CCNCC1. The lowest BCUT2D eigenvalue weighted by atomic mass is 10.0. The molecule has 0 saturated carbocycles. The molecule has 0 bridgehead atoms. The summed E-state index contributed by atoms with van der Waals surface area (Å²) in [6.45, 7) is 6.18. The smallest absolute Gasteiger partial charge is 0.177 e. The maximum Gasteiger partial charge on any atom is 0.177 e. The third kappa shape index (κ3) is 3.06. The molecule has 2 rings (SSSR count). The zero-order chi connectivity index (χ0) is 12.3. The van der Waals surface area contributed by atoms with Gasteiger partial charge in [-0.25, -0.2) is 0 Å². The molecule has 0 atom stereocenters. The highest BCUT2D eigenvalue weighted by Crippen LogP contribution is 2.19. The summed E-state index contributed by atoms with van der Waals surface area (Å²) in [4.78, 5) is 14.3. The molecule has 1 aromatic carbocycles. The summed E-state index contributed by atoms with van der Waals surface area (Å²) in [7, 11) is 0. The first-order chi connectivity index (χ1) is 8.18. The number of Topliss-reactive ketones (excluding diaryl/α,β-unsaturated/α-hetero) is 1. The third-order valence-electron chi connectivity index (χ3n) is 3.14. The molecule has 1 saturated heterocycles. The lowest BCUT2D eigenvalue weighted by Crippen LogP contribution is -2.45. The monoisotopic (exact) mass is 252 g/mol. The number of rotatable bonds is 3. The molecule has 1 aliphatic rings. The molecule has 1 aliphatic heterocycles. The van der Waals surface area contributed by atoms with Gasteiger partial charge in [-0.1, -0.05) is 23.7 Å². The first kappa shape index (κ1) is 12.6. The van der Waals surface area contributed by atoms with Crippen LogP contribution in [-0.2, 0) is 0 Å². The van der Waals surface area contributed by atoms with Crippen LogP contribution < -0.4 is 5.32 Å². The van der Waals surface area contributed by atoms with Crippen LogP contribution in [-0.4, -0.2) is 43.4 Å². The molecule has 1 aromatic rings. The third-order valence-corrected chi connectivity index (χ3v) is 3.55. The van der Waals surface area contributed by atoms with Gasteiger partial charge in [-0.05, 0) is 18.6 Å². The van der Waals surface area contributed by atoms with Crippen molar-refractivity contribution in [3.8, 4) is 0 Å². The Kier molecular flexibility index (Phi) is 4.15. The second-order valence-corrected chi connectivity index (χ2v) is 4.77. The number of hydrogen-bond donors (Lipinski definition) is 1. The Labute approximate surface area is 107 Å². The summed E-state index contributed by atoms with van der Waals surface area (Å²) in [5.41, 5.74) is 1.63. The zero-order valence-electron chi connectivity index (χ0n) is 10.0. The Morgan fingerprint density at radius 2 is 2.12 bits per heavy atom. The van der Waals surface area contributed by atoms with E-state index in [4.69, 9.17) is 11.6 Å². The maximum atomic E-state index is 12.2. The van der Waals surface area contributed by atoms with Crippen LogP contribution in [0.4, 0.5) is 0 Å². The van der Waals surface area contributed by atoms with E-state index >= 15 is 0 Å². The van der Waals surface area contributed by atoms with Gasteiger partial charge < -0.3 is 5.32 Å². The fourth-order valence-electron chi connectivity index (χ4n) is 2.07. The fourth-order valence-corrected chi connectivity index (χ4v) is 2.24. The van der Waals surface area contributed by atoms with Crippen molar-refractivity contribution in [2.45, 2.75) is 6.92 Å². The first-order valence-corrected chi connectivity index (χ1v) is 6.27. The molecule has 0 amide bonds. The normalized spacial score (nSPS) is 17.1. The van der Waals surface area contributed by atoms with Gasteiger partial charge in [0.1, 0.15) is 0 Å². The highest BCUT2D eigenvalue weighted by Gasteiger charge is 2.16. The van der Waals surface area contributed by atoms with Crippen LogP contribution in [0, 0.1) is 6.92 Å². The topological polar surface area (TPSA) is 32.3 Å². The molecule has 0 unspecified atom stereocenters. The van der Waals surface area contributed by atoms with Gasteiger partial charge >= 0.3 is 0 Å². The highest BCUT2D eigenvalue weighted by atomic mass is 35.5. The second kappa shape index (κ2) is 5.63. The summed E-state index contributed by atoms with van der Waals surface area (Å²) in [6, 6.07) is 5.50. The molecular formula is C13H17ClN2O. The zero-order valence-corrected chi connectivity index (χ0v) is 10.8. The van der Waals surface area contributed by atoms with Gasteiger partial charge in [-0.3, -0.25) is 9.69 Å². The molecule has 0 aliphatic carbocycles. The van der Waals surface area contributed by atoms with Crippen LogP contribution in [0.5, 0.6) is 0 Å². The minimum absolute atomic E-state index is 0.159. The lowest BCUT2D eigenvalue weighted by molar-refractivity contribution is 0.0921. The van der Waals surface area contributed by atoms with E-state index in [0.717, 1.165) is 37.3 Å². The predicted octanol–water partition coefficient (Wildman–Crippen LogP) is 1.74. The van der Waals surface area contributed by atoms with Crippen molar-refractivity contribution in [1.82, 2.24) is 10.2 Å². The van der Waals surface area contributed by atoms with Crippen molar-refractivity contribution in [3.05, 3.63) is 34.3 Å². The predicted molar refractivity (Wildman–Crippen MR) is 69.8 cm³/mol. The van der Waals surface area contributed by atoms with E-state index in [1.165, 1.54) is 0 Å². The van der Waals surface area contributed by atoms with E-state index in [1.54, 1.807) is 0 Å². The second-order valence-electron chi connectivity index (χ2n) is 4.36. The minimum Gasteiger partial charge on any atom is -0.314 e. The van der Waals surface area contributed by atoms with Crippen molar-refractivity contribution >= 4 is 17.4 Å². The van der Waals surface area contributed by atoms with Crippen LogP contribution in [0.3, 0.4) is 0 Å². The van der Waals surface area contributed by atoms with Crippen molar-refractivity contribution in [3.63, 3.8) is 0 Å². The number of carbonyl (C=O) groups excluding carboxylic acids is 1. The number of nitrogens with zero attached hydrogens (tertiary/aromatic N) is 1. The molecule has 4 heteroatoms. The van der Waals surface area contributed by atoms with Crippen LogP contribution in [0.1, 0.15) is 15.9 Å². The number of carbonyl (C=O) groups is 1. The summed E-state index contributed by atoms with van der Waals surface area (Å²) >= 11 is 6.02. The number of ketones is 1. The molecule has 0 spiro atoms. The molecule has 1 heterocycles. The molecule has 92 valence electrons. The van der Waals surface area contributed by atoms with Gasteiger partial charge in [0.15, 0.2) is 5.78 Å². The van der Waals surface area contributed by atoms with E-state index in [0.29, 0.717) is 11.6 Å². The van der Waals surface area contributed by atoms with Gasteiger partial charge in [0.2, 0.25) is 0 Å². The summed E-state index contributed by atoms with van der Waals surface area (Å²) in [5, 5.41) is 3.94. The van der Waals surface area contributed by atoms with Gasteiger partial charge in [-0.15, -0.1) is 0 Å². The van der Waals surface area contributed by atoms with Crippen LogP contribution in [0.15, 0.2) is 18.2 Å². The lowest BCUT2D eigenvalue weighted by Gasteiger charge is -2.26. The average Bonchev–Trinajstić information content (AvgIpc) is 2.34. The van der Waals surface area contributed by atoms with Crippen LogP contribution >= 0.6 is 11.6 Å². The molecule has 17 heavy (non-hydrogen) atoms. The van der Waals surface area contributed by atoms with Gasteiger partial charge in [0.25, 0.3) is 0 Å². The number of hydrogen-bond acceptors (Lipinski definition) is 3. The van der Waals surface area contributed by atoms with E-state index in [1.807, 2.05) is 25.1 Å². The Morgan fingerprint density at radius 1 is 1.41 bits per heavy atom. The highest BCUT2D eigenvalue weighted by molar-refractivity contribution is 6.31. The minimum atomic E-state index is 0.159. The molecule has 0 radical (unpaired) electrons. The number of nitrogens with one attached hydrogen (secondary N) is 1. The summed E-state index contributed by atoms with van der Waals surface area (Å²) in [6.07, 6.45) is 0. The van der Waals surface area contributed by atoms with E-state index in [-0.39, 0.29) is 5.78 Å². The molecule has 3 nitrogen and oxygen atoms in total. The van der Waals surface area contributed by atoms with E-state index < -0.39 is 0 Å². The Balaban J connectivity index is 2.06. The van der Waals surface area contributed by atoms with Crippen molar-refractivity contribution in [1.29, 1.82) is 0 Å². The number of piperazine rings is 1.